The predicted molar refractivity (Wildman–Crippen MR) is 112 cm³/mol. The van der Waals surface area contributed by atoms with Gasteiger partial charge in [0, 0.05) is 28.2 Å². The molecule has 0 fully saturated rings. The van der Waals surface area contributed by atoms with Crippen LogP contribution in [0.25, 0.3) is 0 Å². The Morgan fingerprint density at radius 1 is 0.742 bits per heavy atom. The van der Waals surface area contributed by atoms with Crippen molar-refractivity contribution in [1.29, 1.82) is 0 Å². The molecule has 0 aromatic heterocycles. The molecule has 0 aliphatic rings. The third-order valence-electron chi connectivity index (χ3n) is 4.10. The molecule has 0 radical (unpaired) electrons. The van der Waals surface area contributed by atoms with Crippen LogP contribution < -0.4 is 73.5 Å². The van der Waals surface area contributed by atoms with Gasteiger partial charge in [0.25, 0.3) is 11.8 Å². The van der Waals surface area contributed by atoms with E-state index in [0.717, 1.165) is 6.07 Å². The minimum atomic E-state index is -4.95. The van der Waals surface area contributed by atoms with Gasteiger partial charge >= 0.3 is 51.4 Å². The van der Waals surface area contributed by atoms with E-state index in [2.05, 4.69) is 10.6 Å². The molecule has 0 spiro atoms. The number of nitrogen functional groups attached to an aromatic ring is 2. The number of hydrogen-bond acceptors (Lipinski definition) is 7. The summed E-state index contributed by atoms with van der Waals surface area (Å²) in [5, 5.41) is 4.88. The molecule has 3 aromatic carbocycles. The number of rotatable bonds is 5. The number of carbonyl (C=O) groups is 2. The van der Waals surface area contributed by atoms with Gasteiger partial charge in [-0.15, -0.1) is 0 Å². The molecule has 0 bridgehead atoms. The van der Waals surface area contributed by atoms with Gasteiger partial charge in [0.2, 0.25) is 0 Å². The monoisotopic (exact) mass is 464 g/mol. The van der Waals surface area contributed by atoms with Gasteiger partial charge in [-0.05, 0) is 66.7 Å². The summed E-state index contributed by atoms with van der Waals surface area (Å²) in [6.45, 7) is 0. The zero-order valence-corrected chi connectivity index (χ0v) is 20.4. The van der Waals surface area contributed by atoms with Crippen LogP contribution in [0.1, 0.15) is 20.7 Å². The summed E-state index contributed by atoms with van der Waals surface area (Å²) in [5.41, 5.74) is 12.5. The topological polar surface area (TPSA) is 167 Å². The van der Waals surface area contributed by atoms with Crippen molar-refractivity contribution < 1.29 is 73.9 Å². The van der Waals surface area contributed by atoms with E-state index in [-0.39, 0.29) is 73.9 Å². The molecule has 9 nitrogen and oxygen atoms in total. The van der Waals surface area contributed by atoms with Crippen LogP contribution in [0.2, 0.25) is 0 Å². The maximum absolute atomic E-state index is 12.4. The summed E-state index contributed by atoms with van der Waals surface area (Å²) in [6, 6.07) is 15.6. The van der Waals surface area contributed by atoms with Crippen LogP contribution in [-0.2, 0) is 10.1 Å². The molecule has 2 amide bonds. The molecule has 3 aromatic rings. The summed E-state index contributed by atoms with van der Waals surface area (Å²) < 4.78 is 35.1. The Morgan fingerprint density at radius 2 is 1.19 bits per heavy atom. The van der Waals surface area contributed by atoms with E-state index >= 15 is 0 Å². The van der Waals surface area contributed by atoms with E-state index in [9.17, 15) is 22.6 Å². The predicted octanol–water partition coefficient (Wildman–Crippen LogP) is -0.736. The van der Waals surface area contributed by atoms with E-state index < -0.39 is 26.8 Å². The largest absolute Gasteiger partial charge is 1.00 e. The van der Waals surface area contributed by atoms with Gasteiger partial charge in [0.1, 0.15) is 10.1 Å². The first-order valence-corrected chi connectivity index (χ1v) is 9.98. The van der Waals surface area contributed by atoms with Gasteiger partial charge in [-0.1, -0.05) is 0 Å². The molecule has 0 unspecified atom stereocenters. The molecule has 31 heavy (non-hydrogen) atoms. The zero-order valence-electron chi connectivity index (χ0n) is 16.5. The van der Waals surface area contributed by atoms with Crippen LogP contribution in [0.3, 0.4) is 0 Å². The summed E-state index contributed by atoms with van der Waals surface area (Å²) in [5.74, 6) is -1.15. The van der Waals surface area contributed by atoms with Crippen molar-refractivity contribution in [3.8, 4) is 0 Å². The van der Waals surface area contributed by atoms with E-state index in [4.69, 9.17) is 11.5 Å². The molecule has 0 aliphatic heterocycles. The van der Waals surface area contributed by atoms with Gasteiger partial charge in [-0.3, -0.25) is 9.59 Å². The first-order chi connectivity index (χ1) is 14.1. The third-order valence-corrected chi connectivity index (χ3v) is 4.98. The Bertz CT molecular complexity index is 1210. The van der Waals surface area contributed by atoms with Crippen LogP contribution >= 0.6 is 0 Å². The Kier molecular flexibility index (Phi) is 8.37. The van der Waals surface area contributed by atoms with E-state index in [1.807, 2.05) is 0 Å². The standard InChI is InChI=1S/C20H18N4O5S.K/c21-14-5-1-12(2-6-14)19(25)23-16-9-10-17(18(11-16)30(27,28)29)24-20(26)13-3-7-15(22)8-4-13;/h1-11H,21-22H2,(H,23,25)(H,24,26)(H,27,28,29);/q;+1/p-1. The third kappa shape index (κ3) is 6.61. The van der Waals surface area contributed by atoms with Crippen molar-refractivity contribution in [2.75, 3.05) is 22.1 Å². The molecule has 0 saturated heterocycles. The molecule has 154 valence electrons. The second kappa shape index (κ2) is 10.4. The second-order valence-electron chi connectivity index (χ2n) is 6.32. The van der Waals surface area contributed by atoms with E-state index in [1.54, 1.807) is 0 Å². The maximum atomic E-state index is 12.4. The van der Waals surface area contributed by atoms with Crippen molar-refractivity contribution in [2.45, 2.75) is 4.90 Å². The quantitative estimate of drug-likeness (QED) is 0.219. The number of anilines is 4. The Labute approximate surface area is 221 Å². The number of benzene rings is 3. The van der Waals surface area contributed by atoms with Gasteiger partial charge in [-0.2, -0.15) is 0 Å². The summed E-state index contributed by atoms with van der Waals surface area (Å²) in [6.07, 6.45) is 0. The van der Waals surface area contributed by atoms with Gasteiger partial charge in [-0.25, -0.2) is 8.42 Å². The average Bonchev–Trinajstić information content (AvgIpc) is 2.69. The smallest absolute Gasteiger partial charge is 0.744 e. The van der Waals surface area contributed by atoms with E-state index in [1.165, 1.54) is 60.7 Å². The second-order valence-corrected chi connectivity index (χ2v) is 7.67. The molecule has 0 saturated carbocycles. The van der Waals surface area contributed by atoms with Crippen molar-refractivity contribution in [1.82, 2.24) is 0 Å². The fourth-order valence-corrected chi connectivity index (χ4v) is 3.24. The number of hydrogen-bond donors (Lipinski definition) is 4. The fourth-order valence-electron chi connectivity index (χ4n) is 2.58. The van der Waals surface area contributed by atoms with E-state index in [0.29, 0.717) is 11.4 Å². The number of nitrogens with one attached hydrogen (secondary N) is 2. The normalized spacial score (nSPS) is 10.6. The first-order valence-electron chi connectivity index (χ1n) is 8.57. The summed E-state index contributed by atoms with van der Waals surface area (Å²) in [7, 11) is -4.95. The Hall–Kier alpha value is -2.25. The fraction of sp³-hybridized carbons (Fsp3) is 0. The first kappa shape index (κ1) is 25.0. The molecule has 11 heteroatoms. The molecule has 6 N–H and O–H groups in total. The molecular formula is C20H17KN4O5S. The summed E-state index contributed by atoms with van der Waals surface area (Å²) >= 11 is 0. The molecule has 0 aliphatic carbocycles. The zero-order chi connectivity index (χ0) is 21.9. The van der Waals surface area contributed by atoms with Crippen molar-refractivity contribution in [2.24, 2.45) is 0 Å². The van der Waals surface area contributed by atoms with Crippen LogP contribution in [0.15, 0.2) is 71.6 Å². The van der Waals surface area contributed by atoms with Crippen molar-refractivity contribution in [3.63, 3.8) is 0 Å². The van der Waals surface area contributed by atoms with Crippen LogP contribution in [-0.4, -0.2) is 24.8 Å². The minimum absolute atomic E-state index is 0. The van der Waals surface area contributed by atoms with Gasteiger partial charge in [0.15, 0.2) is 0 Å². The number of amides is 2. The Morgan fingerprint density at radius 3 is 1.65 bits per heavy atom. The van der Waals surface area contributed by atoms with Crippen molar-refractivity contribution >= 4 is 44.7 Å². The van der Waals surface area contributed by atoms with Crippen LogP contribution in [0, 0.1) is 0 Å². The molecule has 3 rings (SSSR count). The summed E-state index contributed by atoms with van der Waals surface area (Å²) in [4.78, 5) is 24.0. The van der Waals surface area contributed by atoms with Crippen molar-refractivity contribution in [3.05, 3.63) is 77.9 Å². The molecule has 0 atom stereocenters. The van der Waals surface area contributed by atoms with Crippen LogP contribution in [0.4, 0.5) is 22.7 Å². The maximum Gasteiger partial charge on any atom is 1.00 e. The molecular weight excluding hydrogens is 447 g/mol. The van der Waals surface area contributed by atoms with Gasteiger partial charge in [0.05, 0.1) is 10.6 Å². The average molecular weight is 465 g/mol. The Balaban J connectivity index is 0.00000341. The molecule has 0 heterocycles. The SMILES string of the molecule is Nc1ccc(C(=O)Nc2ccc(NC(=O)c3ccc(N)cc3)c(S(=O)(=O)[O-])c2)cc1.[K+]. The number of nitrogens with two attached hydrogens (primary N) is 2. The van der Waals surface area contributed by atoms with Crippen LogP contribution in [0.5, 0.6) is 0 Å². The minimum Gasteiger partial charge on any atom is -0.744 e. The number of carbonyl (C=O) groups excluding carboxylic acids is 2. The van der Waals surface area contributed by atoms with Gasteiger partial charge < -0.3 is 26.7 Å².